The molecule has 7 heteroatoms. The number of carbonyl (C=O) groups excluding carboxylic acids is 1. The molecule has 3 aromatic rings. The minimum Gasteiger partial charge on any atom is -0.423 e. The molecular weight excluding hydrogens is 366 g/mol. The summed E-state index contributed by atoms with van der Waals surface area (Å²) in [6.45, 7) is 1.80. The number of non-ortho nitro benzene ring substituents is 1. The van der Waals surface area contributed by atoms with E-state index in [1.54, 1.807) is 31.2 Å². The van der Waals surface area contributed by atoms with E-state index in [-0.39, 0.29) is 23.1 Å². The smallest absolute Gasteiger partial charge is 0.337 e. The van der Waals surface area contributed by atoms with Crippen LogP contribution in [0.15, 0.2) is 68.7 Å². The third-order valence-corrected chi connectivity index (χ3v) is 5.48. The van der Waals surface area contributed by atoms with Crippen LogP contribution >= 0.6 is 11.8 Å². The van der Waals surface area contributed by atoms with Gasteiger partial charge in [-0.2, -0.15) is 0 Å². The molecule has 138 valence electrons. The lowest BCUT2D eigenvalue weighted by molar-refractivity contribution is -0.384. The van der Waals surface area contributed by atoms with Gasteiger partial charge in [-0.15, -0.1) is 11.8 Å². The van der Waals surface area contributed by atoms with Crippen molar-refractivity contribution in [2.24, 2.45) is 0 Å². The van der Waals surface area contributed by atoms with Crippen LogP contribution in [0.2, 0.25) is 0 Å². The van der Waals surface area contributed by atoms with Crippen molar-refractivity contribution in [3.05, 3.63) is 80.7 Å². The summed E-state index contributed by atoms with van der Waals surface area (Å²) in [5, 5.41) is 11.4. The molecule has 1 aromatic heterocycles. The highest BCUT2D eigenvalue weighted by atomic mass is 32.2. The predicted octanol–water partition coefficient (Wildman–Crippen LogP) is 4.90. The van der Waals surface area contributed by atoms with E-state index in [0.717, 1.165) is 10.9 Å². The lowest BCUT2D eigenvalue weighted by Crippen LogP contribution is -2.05. The molecule has 0 saturated heterocycles. The van der Waals surface area contributed by atoms with Gasteiger partial charge < -0.3 is 4.42 Å². The number of nitro benzene ring substituents is 1. The van der Waals surface area contributed by atoms with Crippen molar-refractivity contribution in [2.75, 3.05) is 0 Å². The van der Waals surface area contributed by atoms with Crippen LogP contribution in [-0.2, 0) is 4.79 Å². The van der Waals surface area contributed by atoms with Gasteiger partial charge in [0.2, 0.25) is 0 Å². The molecule has 2 aromatic carbocycles. The van der Waals surface area contributed by atoms with Gasteiger partial charge in [-0.05, 0) is 11.6 Å². The number of hydrogen-bond donors (Lipinski definition) is 0. The number of benzene rings is 2. The van der Waals surface area contributed by atoms with Crippen molar-refractivity contribution in [2.45, 2.75) is 29.9 Å². The summed E-state index contributed by atoms with van der Waals surface area (Å²) in [7, 11) is 0. The summed E-state index contributed by atoms with van der Waals surface area (Å²) in [4.78, 5) is 35.1. The Balaban J connectivity index is 2.00. The highest BCUT2D eigenvalue weighted by Gasteiger charge is 2.20. The molecule has 0 bridgehead atoms. The average molecular weight is 383 g/mol. The van der Waals surface area contributed by atoms with Crippen LogP contribution < -0.4 is 5.63 Å². The molecule has 0 saturated carbocycles. The quantitative estimate of drug-likeness (QED) is 0.249. The second-order valence-corrected chi connectivity index (χ2v) is 7.22. The van der Waals surface area contributed by atoms with Gasteiger partial charge in [-0.1, -0.05) is 37.3 Å². The monoisotopic (exact) mass is 383 g/mol. The highest BCUT2D eigenvalue weighted by molar-refractivity contribution is 7.99. The van der Waals surface area contributed by atoms with Gasteiger partial charge in [-0.3, -0.25) is 14.9 Å². The van der Waals surface area contributed by atoms with E-state index in [1.807, 2.05) is 12.1 Å². The van der Waals surface area contributed by atoms with Crippen molar-refractivity contribution in [1.29, 1.82) is 0 Å². The zero-order valence-corrected chi connectivity index (χ0v) is 15.4. The zero-order valence-electron chi connectivity index (χ0n) is 14.6. The molecular formula is C20H17NO5S. The lowest BCUT2D eigenvalue weighted by Gasteiger charge is -2.17. The fraction of sp³-hybridized carbons (Fsp3) is 0.200. The molecule has 0 radical (unpaired) electrons. The molecule has 1 atom stereocenters. The zero-order chi connectivity index (χ0) is 19.4. The van der Waals surface area contributed by atoms with Crippen molar-refractivity contribution in [3.63, 3.8) is 0 Å². The number of nitro groups is 1. The largest absolute Gasteiger partial charge is 0.423 e. The molecule has 0 amide bonds. The van der Waals surface area contributed by atoms with E-state index in [1.165, 1.54) is 30.0 Å². The molecule has 0 aliphatic carbocycles. The Morgan fingerprint density at radius 2 is 1.89 bits per heavy atom. The number of ketones is 1. The number of hydrogen-bond acceptors (Lipinski definition) is 6. The molecule has 0 aliphatic rings. The first-order valence-corrected chi connectivity index (χ1v) is 9.31. The van der Waals surface area contributed by atoms with E-state index < -0.39 is 10.5 Å². The van der Waals surface area contributed by atoms with Crippen molar-refractivity contribution >= 4 is 34.2 Å². The Hall–Kier alpha value is -2.93. The summed E-state index contributed by atoms with van der Waals surface area (Å²) in [6, 6.07) is 14.8. The van der Waals surface area contributed by atoms with Crippen LogP contribution in [0.1, 0.15) is 30.6 Å². The Labute approximate surface area is 159 Å². The summed E-state index contributed by atoms with van der Waals surface area (Å²) in [5.41, 5.74) is 0.817. The first kappa shape index (κ1) is 18.8. The van der Waals surface area contributed by atoms with Crippen LogP contribution in [-0.4, -0.2) is 10.7 Å². The Kier molecular flexibility index (Phi) is 5.71. The second-order valence-electron chi connectivity index (χ2n) is 5.98. The number of Topliss-reactive ketones (excluding diaryl/α,β-unsaturated/α-hetero) is 1. The van der Waals surface area contributed by atoms with Gasteiger partial charge in [0.1, 0.15) is 11.4 Å². The summed E-state index contributed by atoms with van der Waals surface area (Å²) >= 11 is 1.39. The molecule has 0 spiro atoms. The van der Waals surface area contributed by atoms with E-state index in [9.17, 15) is 19.7 Å². The predicted molar refractivity (Wildman–Crippen MR) is 104 cm³/mol. The molecule has 3 rings (SSSR count). The lowest BCUT2D eigenvalue weighted by atomic mass is 10.1. The SMILES string of the molecule is CCC(=O)CC(Sc1cc(=O)oc2ccccc12)c1ccc([N+](=O)[O-])cc1. The van der Waals surface area contributed by atoms with Gasteiger partial charge in [0.05, 0.1) is 4.92 Å². The molecule has 27 heavy (non-hydrogen) atoms. The van der Waals surface area contributed by atoms with Gasteiger partial charge in [-0.25, -0.2) is 4.79 Å². The number of carbonyl (C=O) groups is 1. The average Bonchev–Trinajstić information content (AvgIpc) is 2.67. The molecule has 1 unspecified atom stereocenters. The second kappa shape index (κ2) is 8.18. The molecule has 0 N–H and O–H groups in total. The third-order valence-electron chi connectivity index (χ3n) is 4.16. The number of para-hydroxylation sites is 1. The topological polar surface area (TPSA) is 90.4 Å². The summed E-state index contributed by atoms with van der Waals surface area (Å²) < 4.78 is 5.22. The maximum Gasteiger partial charge on any atom is 0.337 e. The Morgan fingerprint density at radius 1 is 1.19 bits per heavy atom. The van der Waals surface area contributed by atoms with E-state index in [0.29, 0.717) is 16.9 Å². The molecule has 0 fully saturated rings. The maximum absolute atomic E-state index is 12.1. The standard InChI is InChI=1S/C20H17NO5S/c1-2-15(22)11-18(13-7-9-14(10-8-13)21(24)25)27-19-12-20(23)26-17-6-4-3-5-16(17)19/h3-10,12,18H,2,11H2,1H3. The number of fused-ring (bicyclic) bond motifs is 1. The van der Waals surface area contributed by atoms with E-state index in [2.05, 4.69) is 0 Å². The summed E-state index contributed by atoms with van der Waals surface area (Å²) in [5.74, 6) is 0.0816. The van der Waals surface area contributed by atoms with Gasteiger partial charge in [0, 0.05) is 46.6 Å². The molecule has 1 heterocycles. The van der Waals surface area contributed by atoms with Gasteiger partial charge in [0.15, 0.2) is 0 Å². The molecule has 0 aliphatic heterocycles. The fourth-order valence-corrected chi connectivity index (χ4v) is 4.05. The minimum atomic E-state index is -0.459. The first-order chi connectivity index (χ1) is 13.0. The Morgan fingerprint density at radius 3 is 2.56 bits per heavy atom. The number of thioether (sulfide) groups is 1. The Bertz CT molecular complexity index is 1040. The van der Waals surface area contributed by atoms with E-state index >= 15 is 0 Å². The van der Waals surface area contributed by atoms with Gasteiger partial charge >= 0.3 is 5.63 Å². The van der Waals surface area contributed by atoms with E-state index in [4.69, 9.17) is 4.42 Å². The third kappa shape index (κ3) is 4.43. The normalized spacial score (nSPS) is 12.0. The van der Waals surface area contributed by atoms with Crippen LogP contribution in [0.3, 0.4) is 0 Å². The molecule has 6 nitrogen and oxygen atoms in total. The summed E-state index contributed by atoms with van der Waals surface area (Å²) in [6.07, 6.45) is 0.676. The first-order valence-electron chi connectivity index (χ1n) is 8.43. The number of nitrogens with zero attached hydrogens (tertiary/aromatic N) is 1. The van der Waals surface area contributed by atoms with Crippen LogP contribution in [0.4, 0.5) is 5.69 Å². The van der Waals surface area contributed by atoms with Crippen molar-refractivity contribution in [1.82, 2.24) is 0 Å². The van der Waals surface area contributed by atoms with Crippen molar-refractivity contribution < 1.29 is 14.1 Å². The number of rotatable bonds is 7. The van der Waals surface area contributed by atoms with Crippen LogP contribution in [0.5, 0.6) is 0 Å². The maximum atomic E-state index is 12.1. The fourth-order valence-electron chi connectivity index (χ4n) is 2.72. The van der Waals surface area contributed by atoms with Crippen molar-refractivity contribution in [3.8, 4) is 0 Å². The highest BCUT2D eigenvalue weighted by Crippen LogP contribution is 2.41. The van der Waals surface area contributed by atoms with Crippen LogP contribution in [0, 0.1) is 10.1 Å². The van der Waals surface area contributed by atoms with Gasteiger partial charge in [0.25, 0.3) is 5.69 Å². The minimum absolute atomic E-state index is 0.00452. The van der Waals surface area contributed by atoms with Crippen LogP contribution in [0.25, 0.3) is 11.0 Å².